The van der Waals surface area contributed by atoms with E-state index in [1.54, 1.807) is 0 Å². The normalized spacial score (nSPS) is 12.1. The van der Waals surface area contributed by atoms with Crippen molar-refractivity contribution in [1.82, 2.24) is 0 Å². The maximum Gasteiger partial charge on any atom is 0.0991 e. The van der Waals surface area contributed by atoms with E-state index < -0.39 is 0 Å². The van der Waals surface area contributed by atoms with Crippen LogP contribution in [0.1, 0.15) is 11.1 Å². The third kappa shape index (κ3) is 7.07. The molecule has 0 radical (unpaired) electrons. The number of nitrogens with zero attached hydrogens (tertiary/aromatic N) is 2. The number of nitriles is 2. The van der Waals surface area contributed by atoms with Crippen LogP contribution in [0.5, 0.6) is 0 Å². The fraction of sp³-hybridized carbons (Fsp3) is 0. The summed E-state index contributed by atoms with van der Waals surface area (Å²) in [4.78, 5) is 0. The molecule has 0 spiro atoms. The van der Waals surface area contributed by atoms with E-state index in [9.17, 15) is 10.5 Å². The first-order chi connectivity index (χ1) is 45.5. The third-order valence-corrected chi connectivity index (χ3v) is 20.5. The van der Waals surface area contributed by atoms with E-state index in [0.717, 1.165) is 60.3 Å². The topological polar surface area (TPSA) is 47.6 Å². The Balaban J connectivity index is 0.768. The van der Waals surface area contributed by atoms with Crippen LogP contribution in [0.15, 0.2) is 291 Å². The highest BCUT2D eigenvalue weighted by Gasteiger charge is 2.33. The molecule has 0 amide bonds. The quantitative estimate of drug-likeness (QED) is 0.156. The van der Waals surface area contributed by atoms with E-state index in [1.807, 2.05) is 24.3 Å². The Hall–Kier alpha value is -12.5. The van der Waals surface area contributed by atoms with Crippen molar-refractivity contribution >= 4 is 75.4 Å². The summed E-state index contributed by atoms with van der Waals surface area (Å²) in [6.07, 6.45) is 0. The molecule has 2 heteroatoms. The van der Waals surface area contributed by atoms with Crippen molar-refractivity contribution in [3.63, 3.8) is 0 Å². The molecule has 20 rings (SSSR count). The number of fused-ring (bicyclic) bond motifs is 15. The molecule has 418 valence electrons. The van der Waals surface area contributed by atoms with Gasteiger partial charge in [0.15, 0.2) is 0 Å². The third-order valence-electron chi connectivity index (χ3n) is 20.5. The van der Waals surface area contributed by atoms with Crippen LogP contribution in [0.2, 0.25) is 0 Å². The van der Waals surface area contributed by atoms with Gasteiger partial charge in [-0.2, -0.15) is 10.5 Å². The van der Waals surface area contributed by atoms with E-state index in [1.165, 1.54) is 149 Å². The Morgan fingerprint density at radius 3 is 1.23 bits per heavy atom. The van der Waals surface area contributed by atoms with Crippen LogP contribution < -0.4 is 0 Å². The Morgan fingerprint density at radius 2 is 0.609 bits per heavy atom. The number of benzene rings is 17. The largest absolute Gasteiger partial charge is 0.192 e. The molecule has 0 unspecified atom stereocenters. The van der Waals surface area contributed by atoms with Crippen molar-refractivity contribution in [3.05, 3.63) is 302 Å². The van der Waals surface area contributed by atoms with Crippen LogP contribution in [0, 0.1) is 22.7 Å². The summed E-state index contributed by atoms with van der Waals surface area (Å²) in [7, 11) is 0. The molecule has 0 atom stereocenters. The van der Waals surface area contributed by atoms with Gasteiger partial charge in [0.25, 0.3) is 0 Å². The van der Waals surface area contributed by atoms with Crippen LogP contribution in [0.25, 0.3) is 209 Å². The predicted octanol–water partition coefficient (Wildman–Crippen LogP) is 24.4. The van der Waals surface area contributed by atoms with Crippen LogP contribution in [-0.2, 0) is 0 Å². The molecule has 17 aromatic rings. The monoisotopic (exact) mass is 1160 g/mol. The van der Waals surface area contributed by atoms with Crippen LogP contribution in [0.4, 0.5) is 0 Å². The maximum atomic E-state index is 9.96. The van der Waals surface area contributed by atoms with Crippen molar-refractivity contribution < 1.29 is 0 Å². The van der Waals surface area contributed by atoms with E-state index >= 15 is 0 Å². The minimum atomic E-state index is 0.630. The molecule has 0 aliphatic heterocycles. The highest BCUT2D eigenvalue weighted by Crippen LogP contribution is 2.60. The second-order valence-electron chi connectivity index (χ2n) is 25.1. The van der Waals surface area contributed by atoms with Gasteiger partial charge in [0.05, 0.1) is 23.3 Å². The van der Waals surface area contributed by atoms with Gasteiger partial charge in [-0.3, -0.25) is 0 Å². The fourth-order valence-electron chi connectivity index (χ4n) is 16.5. The van der Waals surface area contributed by atoms with Gasteiger partial charge in [-0.05, 0) is 282 Å². The minimum absolute atomic E-state index is 0.630. The first-order valence-corrected chi connectivity index (χ1v) is 31.6. The fourth-order valence-corrected chi connectivity index (χ4v) is 16.5. The lowest BCUT2D eigenvalue weighted by atomic mass is 9.82. The van der Waals surface area contributed by atoms with Gasteiger partial charge in [0.1, 0.15) is 0 Å². The Bertz CT molecular complexity index is 6180. The minimum Gasteiger partial charge on any atom is -0.192 e. The van der Waals surface area contributed by atoms with E-state index in [2.05, 4.69) is 279 Å². The molecular formula is C90H48N2. The molecule has 92 heavy (non-hydrogen) atoms. The summed E-state index contributed by atoms with van der Waals surface area (Å²) < 4.78 is 0. The average Bonchev–Trinajstić information content (AvgIpc) is 1.48. The molecule has 0 fully saturated rings. The molecule has 3 aliphatic rings. The van der Waals surface area contributed by atoms with E-state index in [4.69, 9.17) is 0 Å². The Labute approximate surface area is 530 Å². The first-order valence-electron chi connectivity index (χ1n) is 31.6. The highest BCUT2D eigenvalue weighted by molar-refractivity contribution is 6.31. The summed E-state index contributed by atoms with van der Waals surface area (Å²) in [5, 5.41) is 36.9. The number of hydrogen-bond donors (Lipinski definition) is 0. The predicted molar refractivity (Wildman–Crippen MR) is 384 cm³/mol. The smallest absolute Gasteiger partial charge is 0.0991 e. The van der Waals surface area contributed by atoms with Gasteiger partial charge in [0.2, 0.25) is 0 Å². The molecule has 0 N–H and O–H groups in total. The zero-order chi connectivity index (χ0) is 60.4. The summed E-state index contributed by atoms with van der Waals surface area (Å²) >= 11 is 0. The van der Waals surface area contributed by atoms with Crippen LogP contribution in [0.3, 0.4) is 0 Å². The standard InChI is InChI=1S/C90H48N2/c91-49-51-27-31-53(32-28-51)73-45-81-80(46-74(54-33-29-52(50-92)30-34-54)79-47-77-69-22-9-17-55-18-10-23-70(84(55)69)78(77)48-82(79)81)76-42-58(35-37-63(73)76)61-41-60-19-11-24-68-75-43-59(36-38-64(75)83(44-61)85(60)68)62-39-40-72-88-65(62)25-12-26-71(88)89-86(56-13-3-1-4-14-56)66-20-7-8-21-67(66)87(90(72)89)57-15-5-2-6-16-57/h1-48H. The molecule has 0 aromatic heterocycles. The van der Waals surface area contributed by atoms with Crippen molar-refractivity contribution in [1.29, 1.82) is 10.5 Å². The van der Waals surface area contributed by atoms with Crippen molar-refractivity contribution in [2.75, 3.05) is 0 Å². The van der Waals surface area contributed by atoms with Gasteiger partial charge in [-0.15, -0.1) is 0 Å². The van der Waals surface area contributed by atoms with Gasteiger partial charge < -0.3 is 0 Å². The van der Waals surface area contributed by atoms with Crippen LogP contribution in [-0.4, -0.2) is 0 Å². The summed E-state index contributed by atoms with van der Waals surface area (Å²) in [5.74, 6) is 0. The zero-order valence-electron chi connectivity index (χ0n) is 49.6. The SMILES string of the molecule is N#Cc1ccc(-c2cc3c4cc5c(cc4c(-c4ccc(C#N)cc4)cc3c3cc(-c4cc6c7c(cccc7c4)-c4cc(-c7ccc8c9c(cccc79)-c7c-8c(-c8ccccc8)c8ccccc8c7-c7ccccc7)ccc4-6)ccc23)-c2cccc3cccc-5c23)cc1. The Morgan fingerprint density at radius 1 is 0.174 bits per heavy atom. The van der Waals surface area contributed by atoms with Gasteiger partial charge in [-0.25, -0.2) is 0 Å². The van der Waals surface area contributed by atoms with E-state index in [0.29, 0.717) is 11.1 Å². The highest BCUT2D eigenvalue weighted by atomic mass is 14.4. The first kappa shape index (κ1) is 50.5. The molecule has 3 aliphatic carbocycles. The summed E-state index contributed by atoms with van der Waals surface area (Å²) in [6, 6.07) is 112. The van der Waals surface area contributed by atoms with Gasteiger partial charge in [-0.1, -0.05) is 218 Å². The lowest BCUT2D eigenvalue weighted by molar-refractivity contribution is 1.48. The van der Waals surface area contributed by atoms with E-state index in [-0.39, 0.29) is 0 Å². The molecule has 0 saturated heterocycles. The lowest BCUT2D eigenvalue weighted by Crippen LogP contribution is -1.93. The molecule has 17 aromatic carbocycles. The molecule has 0 saturated carbocycles. The molecular weight excluding hydrogens is 1110 g/mol. The van der Waals surface area contributed by atoms with Crippen molar-refractivity contribution in [2.24, 2.45) is 0 Å². The summed E-state index contributed by atoms with van der Waals surface area (Å²) in [5.41, 5.74) is 30.5. The van der Waals surface area contributed by atoms with Crippen molar-refractivity contribution in [2.45, 2.75) is 0 Å². The van der Waals surface area contributed by atoms with Crippen molar-refractivity contribution in [3.8, 4) is 146 Å². The molecule has 0 heterocycles. The van der Waals surface area contributed by atoms with Gasteiger partial charge >= 0.3 is 0 Å². The Kier molecular flexibility index (Phi) is 10.4. The second-order valence-corrected chi connectivity index (χ2v) is 25.1. The lowest BCUT2D eigenvalue weighted by Gasteiger charge is -2.20. The van der Waals surface area contributed by atoms with Crippen LogP contribution >= 0.6 is 0 Å². The molecule has 2 nitrogen and oxygen atoms in total. The maximum absolute atomic E-state index is 9.96. The number of hydrogen-bond acceptors (Lipinski definition) is 2. The zero-order valence-corrected chi connectivity index (χ0v) is 49.6. The van der Waals surface area contributed by atoms with Gasteiger partial charge in [0, 0.05) is 0 Å². The second kappa shape index (κ2) is 19.0. The summed E-state index contributed by atoms with van der Waals surface area (Å²) in [6.45, 7) is 0. The number of rotatable bonds is 6. The molecule has 0 bridgehead atoms. The average molecular weight is 1160 g/mol.